The van der Waals surface area contributed by atoms with Crippen LogP contribution in [0.2, 0.25) is 0 Å². The van der Waals surface area contributed by atoms with Crippen LogP contribution in [-0.4, -0.2) is 19.3 Å². The highest BCUT2D eigenvalue weighted by molar-refractivity contribution is 9.10. The number of nitrogens with two attached hydrogens (primary N) is 1. The standard InChI is InChI=1S/C13H18BrNO2/c1-13(5-6-16-2)8-11(15)10-4-3-9(14)7-12(10)17-13/h3-4,7,11H,5-6,8,15H2,1-2H3. The first kappa shape index (κ1) is 12.9. The third kappa shape index (κ3) is 2.81. The van der Waals surface area contributed by atoms with Crippen molar-refractivity contribution in [3.63, 3.8) is 0 Å². The van der Waals surface area contributed by atoms with E-state index in [4.69, 9.17) is 15.2 Å². The van der Waals surface area contributed by atoms with Crippen molar-refractivity contribution < 1.29 is 9.47 Å². The number of methoxy groups -OCH3 is 1. The van der Waals surface area contributed by atoms with Crippen LogP contribution in [-0.2, 0) is 4.74 Å². The molecule has 0 bridgehead atoms. The van der Waals surface area contributed by atoms with Crippen LogP contribution in [0, 0.1) is 0 Å². The van der Waals surface area contributed by atoms with Gasteiger partial charge in [0.1, 0.15) is 11.4 Å². The Balaban J connectivity index is 2.25. The second kappa shape index (κ2) is 4.96. The smallest absolute Gasteiger partial charge is 0.126 e. The van der Waals surface area contributed by atoms with E-state index in [1.165, 1.54) is 0 Å². The zero-order valence-electron chi connectivity index (χ0n) is 10.2. The maximum Gasteiger partial charge on any atom is 0.126 e. The Labute approximate surface area is 110 Å². The van der Waals surface area contributed by atoms with Crippen LogP contribution in [0.3, 0.4) is 0 Å². The first-order valence-electron chi connectivity index (χ1n) is 5.77. The van der Waals surface area contributed by atoms with E-state index in [0.717, 1.165) is 28.6 Å². The Hall–Kier alpha value is -0.580. The van der Waals surface area contributed by atoms with Gasteiger partial charge >= 0.3 is 0 Å². The fourth-order valence-electron chi connectivity index (χ4n) is 2.26. The van der Waals surface area contributed by atoms with Gasteiger partial charge in [-0.25, -0.2) is 0 Å². The lowest BCUT2D eigenvalue weighted by molar-refractivity contribution is 0.0215. The van der Waals surface area contributed by atoms with E-state index in [0.29, 0.717) is 6.61 Å². The third-order valence-corrected chi connectivity index (χ3v) is 3.71. The van der Waals surface area contributed by atoms with Crippen molar-refractivity contribution in [1.82, 2.24) is 0 Å². The third-order valence-electron chi connectivity index (χ3n) is 3.22. The van der Waals surface area contributed by atoms with Crippen molar-refractivity contribution in [1.29, 1.82) is 0 Å². The predicted molar refractivity (Wildman–Crippen MR) is 71.2 cm³/mol. The van der Waals surface area contributed by atoms with Crippen molar-refractivity contribution in [2.45, 2.75) is 31.4 Å². The lowest BCUT2D eigenvalue weighted by atomic mass is 9.87. The van der Waals surface area contributed by atoms with Crippen LogP contribution in [0.15, 0.2) is 22.7 Å². The first-order valence-corrected chi connectivity index (χ1v) is 6.56. The van der Waals surface area contributed by atoms with Gasteiger partial charge in [-0.2, -0.15) is 0 Å². The number of hydrogen-bond acceptors (Lipinski definition) is 3. The average molecular weight is 300 g/mol. The highest BCUT2D eigenvalue weighted by Crippen LogP contribution is 2.40. The number of halogens is 1. The normalized spacial score (nSPS) is 27.4. The first-order chi connectivity index (χ1) is 8.04. The molecule has 1 aliphatic heterocycles. The molecule has 0 fully saturated rings. The van der Waals surface area contributed by atoms with E-state index in [-0.39, 0.29) is 11.6 Å². The summed E-state index contributed by atoms with van der Waals surface area (Å²) in [6, 6.07) is 6.05. The van der Waals surface area contributed by atoms with Crippen molar-refractivity contribution >= 4 is 15.9 Å². The molecule has 0 spiro atoms. The van der Waals surface area contributed by atoms with Gasteiger partial charge in [-0.3, -0.25) is 0 Å². The van der Waals surface area contributed by atoms with Crippen LogP contribution >= 0.6 is 15.9 Å². The van der Waals surface area contributed by atoms with Gasteiger partial charge in [-0.1, -0.05) is 22.0 Å². The van der Waals surface area contributed by atoms with E-state index in [1.807, 2.05) is 18.2 Å². The zero-order valence-corrected chi connectivity index (χ0v) is 11.8. The molecule has 1 aromatic carbocycles. The van der Waals surface area contributed by atoms with Gasteiger partial charge in [0.2, 0.25) is 0 Å². The molecular weight excluding hydrogens is 282 g/mol. The average Bonchev–Trinajstić information content (AvgIpc) is 2.25. The zero-order chi connectivity index (χ0) is 12.5. The summed E-state index contributed by atoms with van der Waals surface area (Å²) < 4.78 is 12.2. The quantitative estimate of drug-likeness (QED) is 0.933. The van der Waals surface area contributed by atoms with E-state index in [1.54, 1.807) is 7.11 Å². The van der Waals surface area contributed by atoms with Crippen LogP contribution in [0.5, 0.6) is 5.75 Å². The van der Waals surface area contributed by atoms with Crippen LogP contribution in [0.25, 0.3) is 0 Å². The molecule has 4 heteroatoms. The molecule has 1 aromatic rings. The molecule has 2 unspecified atom stereocenters. The monoisotopic (exact) mass is 299 g/mol. The van der Waals surface area contributed by atoms with Crippen molar-refractivity contribution in [2.75, 3.05) is 13.7 Å². The molecule has 2 rings (SSSR count). The molecule has 3 nitrogen and oxygen atoms in total. The second-order valence-electron chi connectivity index (χ2n) is 4.79. The topological polar surface area (TPSA) is 44.5 Å². The summed E-state index contributed by atoms with van der Waals surface area (Å²) in [5, 5.41) is 0. The van der Waals surface area contributed by atoms with Gasteiger partial charge < -0.3 is 15.2 Å². The maximum atomic E-state index is 6.21. The summed E-state index contributed by atoms with van der Waals surface area (Å²) in [4.78, 5) is 0. The number of fused-ring (bicyclic) bond motifs is 1. The second-order valence-corrected chi connectivity index (χ2v) is 5.70. The summed E-state index contributed by atoms with van der Waals surface area (Å²) in [6.45, 7) is 2.78. The van der Waals surface area contributed by atoms with E-state index < -0.39 is 0 Å². The fourth-order valence-corrected chi connectivity index (χ4v) is 2.60. The van der Waals surface area contributed by atoms with Crippen molar-refractivity contribution in [2.24, 2.45) is 5.73 Å². The van der Waals surface area contributed by atoms with E-state index in [2.05, 4.69) is 22.9 Å². The number of rotatable bonds is 3. The van der Waals surface area contributed by atoms with Gasteiger partial charge in [-0.15, -0.1) is 0 Å². The van der Waals surface area contributed by atoms with E-state index >= 15 is 0 Å². The van der Waals surface area contributed by atoms with Crippen molar-refractivity contribution in [3.8, 4) is 5.75 Å². The minimum Gasteiger partial charge on any atom is -0.487 e. The molecule has 0 saturated heterocycles. The van der Waals surface area contributed by atoms with Gasteiger partial charge in [0, 0.05) is 42.6 Å². The van der Waals surface area contributed by atoms with Crippen molar-refractivity contribution in [3.05, 3.63) is 28.2 Å². The van der Waals surface area contributed by atoms with E-state index in [9.17, 15) is 0 Å². The van der Waals surface area contributed by atoms with Gasteiger partial charge in [0.05, 0.1) is 0 Å². The summed E-state index contributed by atoms with van der Waals surface area (Å²) in [7, 11) is 1.71. The summed E-state index contributed by atoms with van der Waals surface area (Å²) in [6.07, 6.45) is 1.67. The minimum absolute atomic E-state index is 0.0358. The molecule has 2 N–H and O–H groups in total. The molecule has 94 valence electrons. The number of benzene rings is 1. The molecule has 0 amide bonds. The molecule has 17 heavy (non-hydrogen) atoms. The number of hydrogen-bond donors (Lipinski definition) is 1. The Morgan fingerprint density at radius 1 is 1.59 bits per heavy atom. The number of ether oxygens (including phenoxy) is 2. The highest BCUT2D eigenvalue weighted by atomic mass is 79.9. The van der Waals surface area contributed by atoms with Gasteiger partial charge in [-0.05, 0) is 19.1 Å². The molecule has 1 aliphatic rings. The molecule has 2 atom stereocenters. The minimum atomic E-state index is -0.233. The lowest BCUT2D eigenvalue weighted by Crippen LogP contribution is -2.41. The molecule has 1 heterocycles. The van der Waals surface area contributed by atoms with Crippen LogP contribution in [0.1, 0.15) is 31.4 Å². The predicted octanol–water partition coefficient (Wildman–Crippen LogP) is 3.03. The summed E-state index contributed by atoms with van der Waals surface area (Å²) in [5.74, 6) is 0.886. The largest absolute Gasteiger partial charge is 0.487 e. The molecule has 0 radical (unpaired) electrons. The molecule has 0 aromatic heterocycles. The van der Waals surface area contributed by atoms with Gasteiger partial charge in [0.25, 0.3) is 0 Å². The molecule has 0 saturated carbocycles. The SMILES string of the molecule is COCCC1(C)CC(N)c2ccc(Br)cc2O1. The van der Waals surface area contributed by atoms with Gasteiger partial charge in [0.15, 0.2) is 0 Å². The summed E-state index contributed by atoms with van der Waals surface area (Å²) >= 11 is 3.46. The van der Waals surface area contributed by atoms with Crippen LogP contribution in [0.4, 0.5) is 0 Å². The molecular formula is C13H18BrNO2. The Kier molecular flexibility index (Phi) is 3.76. The Morgan fingerprint density at radius 2 is 2.35 bits per heavy atom. The Morgan fingerprint density at radius 3 is 3.06 bits per heavy atom. The molecule has 0 aliphatic carbocycles. The Bertz CT molecular complexity index is 410. The summed E-state index contributed by atoms with van der Waals surface area (Å²) in [5.41, 5.74) is 7.06. The highest BCUT2D eigenvalue weighted by Gasteiger charge is 2.35. The lowest BCUT2D eigenvalue weighted by Gasteiger charge is -2.38. The fraction of sp³-hybridized carbons (Fsp3) is 0.538. The maximum absolute atomic E-state index is 6.21. The van der Waals surface area contributed by atoms with Crippen LogP contribution < -0.4 is 10.5 Å².